The van der Waals surface area contributed by atoms with Crippen molar-refractivity contribution >= 4 is 17.3 Å². The number of pyridine rings is 1. The monoisotopic (exact) mass is 543 g/mol. The largest absolute Gasteiger partial charge is 0.416 e. The summed E-state index contributed by atoms with van der Waals surface area (Å²) in [4.78, 5) is 5.55. The molecule has 0 atom stereocenters. The molecule has 0 bridgehead atoms. The molecule has 2 aromatic carbocycles. The molecule has 0 amide bonds. The van der Waals surface area contributed by atoms with Gasteiger partial charge in [0, 0.05) is 24.6 Å². The highest BCUT2D eigenvalue weighted by Gasteiger charge is 2.39. The van der Waals surface area contributed by atoms with Crippen molar-refractivity contribution in [2.75, 3.05) is 18.5 Å². The van der Waals surface area contributed by atoms with E-state index in [0.29, 0.717) is 28.8 Å². The van der Waals surface area contributed by atoms with Gasteiger partial charge in [0.25, 0.3) is 0 Å². The minimum atomic E-state index is -4.99. The second-order valence-corrected chi connectivity index (χ2v) is 9.68. The highest BCUT2D eigenvalue weighted by molar-refractivity contribution is 6.30. The summed E-state index contributed by atoms with van der Waals surface area (Å²) in [5.41, 5.74) is -2.68. The summed E-state index contributed by atoms with van der Waals surface area (Å²) in [5, 5.41) is 9.72. The molecule has 0 fully saturated rings. The van der Waals surface area contributed by atoms with Crippen LogP contribution in [0.5, 0.6) is 0 Å². The molecule has 0 saturated heterocycles. The zero-order chi connectivity index (χ0) is 27.9. The van der Waals surface area contributed by atoms with Crippen LogP contribution in [0.4, 0.5) is 36.4 Å². The molecule has 0 aliphatic heterocycles. The molecule has 0 unspecified atom stereocenters. The smallest absolute Gasteiger partial charge is 0.371 e. The molecule has 0 aliphatic carbocycles. The van der Waals surface area contributed by atoms with Crippen molar-refractivity contribution < 1.29 is 30.7 Å². The average molecular weight is 544 g/mol. The Hall–Kier alpha value is -3.32. The maximum atomic E-state index is 13.7. The Kier molecular flexibility index (Phi) is 7.53. The topological polar surface area (TPSA) is 39.9 Å². The van der Waals surface area contributed by atoms with E-state index in [1.54, 1.807) is 6.92 Å². The fourth-order valence-electron chi connectivity index (χ4n) is 4.21. The predicted molar refractivity (Wildman–Crippen MR) is 127 cm³/mol. The Morgan fingerprint density at radius 3 is 1.92 bits per heavy atom. The molecule has 37 heavy (non-hydrogen) atoms. The Labute approximate surface area is 214 Å². The SMILES string of the molecule is Cc1cc(F)ccc1-c1cc(Cl)nc(C#N)c1N(C)CC(C)(C)c1cc(C(F)(F)F)cc(C(F)(F)F)c1. The van der Waals surface area contributed by atoms with Gasteiger partial charge < -0.3 is 4.90 Å². The lowest BCUT2D eigenvalue weighted by Crippen LogP contribution is -2.36. The van der Waals surface area contributed by atoms with Crippen LogP contribution in [0, 0.1) is 24.1 Å². The van der Waals surface area contributed by atoms with Crippen molar-refractivity contribution in [2.24, 2.45) is 0 Å². The standard InChI is InChI=1S/C26H21ClF7N3/c1-14-7-18(28)5-6-19(14)20-11-22(27)36-21(12-35)23(20)37(4)13-24(2,3)15-8-16(25(29,30)31)10-17(9-15)26(32,33)34/h5-11H,13H2,1-4H3. The fraction of sp³-hybridized carbons (Fsp3) is 0.308. The summed E-state index contributed by atoms with van der Waals surface area (Å²) in [6, 6.07) is 8.86. The van der Waals surface area contributed by atoms with E-state index in [9.17, 15) is 36.0 Å². The quantitative estimate of drug-likeness (QED) is 0.241. The van der Waals surface area contributed by atoms with Crippen molar-refractivity contribution in [1.82, 2.24) is 4.98 Å². The average Bonchev–Trinajstić information content (AvgIpc) is 2.76. The van der Waals surface area contributed by atoms with Crippen molar-refractivity contribution in [2.45, 2.75) is 38.5 Å². The summed E-state index contributed by atoms with van der Waals surface area (Å²) in [6.07, 6.45) is -9.97. The van der Waals surface area contributed by atoms with Crippen molar-refractivity contribution in [3.63, 3.8) is 0 Å². The number of anilines is 1. The number of hydrogen-bond acceptors (Lipinski definition) is 3. The van der Waals surface area contributed by atoms with Crippen LogP contribution in [-0.2, 0) is 17.8 Å². The van der Waals surface area contributed by atoms with Gasteiger partial charge in [-0.05, 0) is 60.0 Å². The van der Waals surface area contributed by atoms with Crippen LogP contribution < -0.4 is 4.90 Å². The van der Waals surface area contributed by atoms with E-state index in [0.717, 1.165) is 0 Å². The number of hydrogen-bond donors (Lipinski definition) is 0. The van der Waals surface area contributed by atoms with Gasteiger partial charge in [0.05, 0.1) is 16.8 Å². The zero-order valence-electron chi connectivity index (χ0n) is 20.1. The van der Waals surface area contributed by atoms with Gasteiger partial charge in [-0.3, -0.25) is 0 Å². The van der Waals surface area contributed by atoms with Gasteiger partial charge in [0.2, 0.25) is 0 Å². The highest BCUT2D eigenvalue weighted by atomic mass is 35.5. The minimum absolute atomic E-state index is 0.0145. The van der Waals surface area contributed by atoms with Gasteiger partial charge in [0.15, 0.2) is 5.69 Å². The predicted octanol–water partition coefficient (Wildman–Crippen LogP) is 8.17. The number of halogens is 8. The number of benzene rings is 2. The molecule has 0 spiro atoms. The van der Waals surface area contributed by atoms with Gasteiger partial charge in [0.1, 0.15) is 17.0 Å². The Bertz CT molecular complexity index is 1340. The van der Waals surface area contributed by atoms with E-state index < -0.39 is 34.7 Å². The van der Waals surface area contributed by atoms with Gasteiger partial charge in [-0.15, -0.1) is 0 Å². The molecule has 1 heterocycles. The van der Waals surface area contributed by atoms with Crippen LogP contribution in [0.1, 0.15) is 41.8 Å². The van der Waals surface area contributed by atoms with E-state index >= 15 is 0 Å². The summed E-state index contributed by atoms with van der Waals surface area (Å²) in [6.45, 7) is 4.54. The molecule has 0 saturated carbocycles. The molecule has 0 N–H and O–H groups in total. The van der Waals surface area contributed by atoms with Crippen LogP contribution >= 0.6 is 11.6 Å². The van der Waals surface area contributed by atoms with Crippen molar-refractivity contribution in [3.8, 4) is 17.2 Å². The molecular formula is C26H21ClF7N3. The molecule has 0 radical (unpaired) electrons. The number of alkyl halides is 6. The second-order valence-electron chi connectivity index (χ2n) is 9.30. The number of likely N-dealkylation sites (N-methyl/N-ethyl adjacent to an activating group) is 1. The first kappa shape index (κ1) is 28.3. The van der Waals surface area contributed by atoms with Crippen LogP contribution in [0.3, 0.4) is 0 Å². The van der Waals surface area contributed by atoms with Gasteiger partial charge in [-0.1, -0.05) is 31.5 Å². The highest BCUT2D eigenvalue weighted by Crippen LogP contribution is 2.41. The van der Waals surface area contributed by atoms with Gasteiger partial charge >= 0.3 is 12.4 Å². The third-order valence-corrected chi connectivity index (χ3v) is 6.12. The van der Waals surface area contributed by atoms with Crippen molar-refractivity contribution in [1.29, 1.82) is 5.26 Å². The van der Waals surface area contributed by atoms with Crippen LogP contribution in [-0.4, -0.2) is 18.6 Å². The lowest BCUT2D eigenvalue weighted by Gasteiger charge is -2.34. The number of nitriles is 1. The minimum Gasteiger partial charge on any atom is -0.371 e. The maximum Gasteiger partial charge on any atom is 0.416 e. The van der Waals surface area contributed by atoms with E-state index in [2.05, 4.69) is 4.98 Å². The lowest BCUT2D eigenvalue weighted by atomic mass is 9.82. The molecule has 196 valence electrons. The molecule has 0 aliphatic rings. The first-order valence-electron chi connectivity index (χ1n) is 10.8. The third kappa shape index (κ3) is 6.16. The first-order chi connectivity index (χ1) is 16.9. The maximum absolute atomic E-state index is 13.7. The molecule has 11 heteroatoms. The lowest BCUT2D eigenvalue weighted by molar-refractivity contribution is -0.143. The van der Waals surface area contributed by atoms with Gasteiger partial charge in [-0.2, -0.15) is 31.6 Å². The normalized spacial score (nSPS) is 12.4. The molecule has 1 aromatic heterocycles. The van der Waals surface area contributed by atoms with E-state index in [1.165, 1.54) is 50.1 Å². The number of nitrogens with zero attached hydrogens (tertiary/aromatic N) is 3. The molecule has 3 rings (SSSR count). The van der Waals surface area contributed by atoms with Crippen molar-refractivity contribution in [3.05, 3.63) is 81.4 Å². The summed E-state index contributed by atoms with van der Waals surface area (Å²) >= 11 is 6.12. The summed E-state index contributed by atoms with van der Waals surface area (Å²) in [7, 11) is 1.54. The zero-order valence-corrected chi connectivity index (χ0v) is 20.9. The Morgan fingerprint density at radius 2 is 1.43 bits per heavy atom. The number of aryl methyl sites for hydroxylation is 1. The van der Waals surface area contributed by atoms with Crippen LogP contribution in [0.15, 0.2) is 42.5 Å². The summed E-state index contributed by atoms with van der Waals surface area (Å²) < 4.78 is 94.3. The van der Waals surface area contributed by atoms with E-state index in [1.807, 2.05) is 6.07 Å². The molecular weight excluding hydrogens is 523 g/mol. The fourth-order valence-corrected chi connectivity index (χ4v) is 4.41. The number of aromatic nitrogens is 1. The molecule has 3 aromatic rings. The Balaban J connectivity index is 2.15. The van der Waals surface area contributed by atoms with Crippen LogP contribution in [0.2, 0.25) is 5.15 Å². The van der Waals surface area contributed by atoms with Crippen LogP contribution in [0.25, 0.3) is 11.1 Å². The first-order valence-corrected chi connectivity index (χ1v) is 11.2. The van der Waals surface area contributed by atoms with E-state index in [4.69, 9.17) is 11.6 Å². The summed E-state index contributed by atoms with van der Waals surface area (Å²) in [5.74, 6) is -0.483. The van der Waals surface area contributed by atoms with E-state index in [-0.39, 0.29) is 34.7 Å². The third-order valence-electron chi connectivity index (χ3n) is 5.93. The Morgan fingerprint density at radius 1 is 0.892 bits per heavy atom. The van der Waals surface area contributed by atoms with Gasteiger partial charge in [-0.25, -0.2) is 9.37 Å². The number of rotatable bonds is 5. The second kappa shape index (κ2) is 9.86. The molecule has 3 nitrogen and oxygen atoms in total.